The van der Waals surface area contributed by atoms with Gasteiger partial charge in [-0.3, -0.25) is 4.99 Å². The molecule has 0 aliphatic carbocycles. The molecule has 3 rings (SSSR count). The van der Waals surface area contributed by atoms with Crippen LogP contribution in [-0.2, 0) is 29.4 Å². The van der Waals surface area contributed by atoms with E-state index in [0.717, 1.165) is 37.3 Å². The molecule has 27 heavy (non-hydrogen) atoms. The molecule has 0 aromatic heterocycles. The third-order valence-corrected chi connectivity index (χ3v) is 5.32. The minimum absolute atomic E-state index is 0.105. The molecule has 2 aromatic rings. The predicted molar refractivity (Wildman–Crippen MR) is 105 cm³/mol. The molecule has 0 bridgehead atoms. The Labute approximate surface area is 159 Å². The number of sulfonamides is 1. The van der Waals surface area contributed by atoms with Crippen molar-refractivity contribution in [1.82, 2.24) is 10.6 Å². The van der Waals surface area contributed by atoms with Crippen molar-refractivity contribution in [2.24, 2.45) is 10.1 Å². The Morgan fingerprint density at radius 1 is 1.15 bits per heavy atom. The van der Waals surface area contributed by atoms with E-state index in [-0.39, 0.29) is 4.90 Å². The van der Waals surface area contributed by atoms with Crippen LogP contribution in [0.25, 0.3) is 0 Å². The lowest BCUT2D eigenvalue weighted by molar-refractivity contribution is 0.357. The fourth-order valence-electron chi connectivity index (χ4n) is 2.92. The molecule has 0 unspecified atom stereocenters. The SMILES string of the molecule is CN=C(NCCc1ccc2c(c1)CCO2)NCc1ccc(S(N)(=O)=O)cc1. The van der Waals surface area contributed by atoms with Crippen molar-refractivity contribution in [1.29, 1.82) is 0 Å². The van der Waals surface area contributed by atoms with Crippen molar-refractivity contribution in [2.75, 3.05) is 20.2 Å². The Kier molecular flexibility index (Phi) is 5.98. The first-order chi connectivity index (χ1) is 13.0. The molecule has 0 amide bonds. The van der Waals surface area contributed by atoms with Gasteiger partial charge in [-0.15, -0.1) is 0 Å². The topological polar surface area (TPSA) is 106 Å². The molecule has 4 N–H and O–H groups in total. The van der Waals surface area contributed by atoms with E-state index in [4.69, 9.17) is 9.88 Å². The number of nitrogens with two attached hydrogens (primary N) is 1. The monoisotopic (exact) mass is 388 g/mol. The number of benzene rings is 2. The number of hydrogen-bond acceptors (Lipinski definition) is 4. The Morgan fingerprint density at radius 2 is 1.89 bits per heavy atom. The smallest absolute Gasteiger partial charge is 0.238 e. The van der Waals surface area contributed by atoms with Gasteiger partial charge in [0.05, 0.1) is 11.5 Å². The Balaban J connectivity index is 1.47. The Bertz CT molecular complexity index is 924. The van der Waals surface area contributed by atoms with Crippen molar-refractivity contribution in [3.8, 4) is 5.75 Å². The normalized spacial score (nSPS) is 13.8. The van der Waals surface area contributed by atoms with E-state index in [0.29, 0.717) is 12.5 Å². The predicted octanol–water partition coefficient (Wildman–Crippen LogP) is 1.18. The van der Waals surface area contributed by atoms with Crippen molar-refractivity contribution < 1.29 is 13.2 Å². The van der Waals surface area contributed by atoms with Crippen LogP contribution in [0, 0.1) is 0 Å². The van der Waals surface area contributed by atoms with Gasteiger partial charge in [-0.1, -0.05) is 24.3 Å². The van der Waals surface area contributed by atoms with Crippen molar-refractivity contribution >= 4 is 16.0 Å². The number of rotatable bonds is 6. The van der Waals surface area contributed by atoms with Gasteiger partial charge in [0.1, 0.15) is 5.75 Å². The van der Waals surface area contributed by atoms with Crippen LogP contribution in [0.1, 0.15) is 16.7 Å². The quantitative estimate of drug-likeness (QED) is 0.509. The lowest BCUT2D eigenvalue weighted by Gasteiger charge is -2.12. The highest BCUT2D eigenvalue weighted by Crippen LogP contribution is 2.25. The molecule has 1 aliphatic rings. The van der Waals surface area contributed by atoms with Crippen LogP contribution in [0.3, 0.4) is 0 Å². The highest BCUT2D eigenvalue weighted by atomic mass is 32.2. The maximum Gasteiger partial charge on any atom is 0.238 e. The van der Waals surface area contributed by atoms with Crippen LogP contribution in [0.5, 0.6) is 5.75 Å². The summed E-state index contributed by atoms with van der Waals surface area (Å²) in [6, 6.07) is 12.8. The Morgan fingerprint density at radius 3 is 2.59 bits per heavy atom. The first-order valence-electron chi connectivity index (χ1n) is 8.76. The fourth-order valence-corrected chi connectivity index (χ4v) is 3.44. The number of fused-ring (bicyclic) bond motifs is 1. The average molecular weight is 388 g/mol. The molecule has 0 radical (unpaired) electrons. The third-order valence-electron chi connectivity index (χ3n) is 4.40. The first kappa shape index (κ1) is 19.2. The summed E-state index contributed by atoms with van der Waals surface area (Å²) < 4.78 is 28.1. The van der Waals surface area contributed by atoms with Crippen molar-refractivity contribution in [3.05, 3.63) is 59.2 Å². The number of aliphatic imine (C=N–C) groups is 1. The van der Waals surface area contributed by atoms with Crippen LogP contribution in [0.2, 0.25) is 0 Å². The van der Waals surface area contributed by atoms with E-state index < -0.39 is 10.0 Å². The number of hydrogen-bond donors (Lipinski definition) is 3. The molecule has 2 aromatic carbocycles. The molecular formula is C19H24N4O3S. The maximum atomic E-state index is 11.3. The van der Waals surface area contributed by atoms with Gasteiger partial charge in [-0.2, -0.15) is 0 Å². The molecule has 8 heteroatoms. The minimum atomic E-state index is -3.66. The van der Waals surface area contributed by atoms with Crippen LogP contribution in [-0.4, -0.2) is 34.6 Å². The zero-order valence-electron chi connectivity index (χ0n) is 15.2. The number of nitrogens with zero attached hydrogens (tertiary/aromatic N) is 1. The summed E-state index contributed by atoms with van der Waals surface area (Å²) in [6.07, 6.45) is 1.86. The van der Waals surface area contributed by atoms with E-state index in [1.165, 1.54) is 23.3 Å². The van der Waals surface area contributed by atoms with Gasteiger partial charge in [0.2, 0.25) is 10.0 Å². The number of guanidine groups is 1. The van der Waals surface area contributed by atoms with Crippen molar-refractivity contribution in [2.45, 2.75) is 24.3 Å². The molecule has 1 heterocycles. The fraction of sp³-hybridized carbons (Fsp3) is 0.316. The second kappa shape index (κ2) is 8.41. The van der Waals surface area contributed by atoms with Gasteiger partial charge < -0.3 is 15.4 Å². The van der Waals surface area contributed by atoms with E-state index in [9.17, 15) is 8.42 Å². The molecular weight excluding hydrogens is 364 g/mol. The highest BCUT2D eigenvalue weighted by Gasteiger charge is 2.12. The second-order valence-corrected chi connectivity index (χ2v) is 7.89. The van der Waals surface area contributed by atoms with Gasteiger partial charge in [0, 0.05) is 26.6 Å². The molecule has 0 fully saturated rings. The van der Waals surface area contributed by atoms with E-state index in [1.54, 1.807) is 19.2 Å². The second-order valence-electron chi connectivity index (χ2n) is 6.33. The lowest BCUT2D eigenvalue weighted by atomic mass is 10.1. The molecule has 0 atom stereocenters. The third kappa shape index (κ3) is 5.21. The molecule has 144 valence electrons. The van der Waals surface area contributed by atoms with E-state index >= 15 is 0 Å². The van der Waals surface area contributed by atoms with E-state index in [2.05, 4.69) is 27.8 Å². The van der Waals surface area contributed by atoms with Gasteiger partial charge in [0.15, 0.2) is 5.96 Å². The number of nitrogens with one attached hydrogen (secondary N) is 2. The van der Waals surface area contributed by atoms with Crippen LogP contribution in [0.4, 0.5) is 0 Å². The summed E-state index contributed by atoms with van der Waals surface area (Å²) in [6.45, 7) is 2.05. The summed E-state index contributed by atoms with van der Waals surface area (Å²) in [4.78, 5) is 4.31. The molecule has 0 saturated heterocycles. The molecule has 0 spiro atoms. The average Bonchev–Trinajstić information content (AvgIpc) is 3.12. The molecule has 0 saturated carbocycles. The van der Waals surface area contributed by atoms with E-state index in [1.807, 2.05) is 6.07 Å². The maximum absolute atomic E-state index is 11.3. The van der Waals surface area contributed by atoms with Gasteiger partial charge >= 0.3 is 0 Å². The highest BCUT2D eigenvalue weighted by molar-refractivity contribution is 7.89. The van der Waals surface area contributed by atoms with Crippen molar-refractivity contribution in [3.63, 3.8) is 0 Å². The van der Waals surface area contributed by atoms with Crippen LogP contribution < -0.4 is 20.5 Å². The summed E-state index contributed by atoms with van der Waals surface area (Å²) in [7, 11) is -1.95. The minimum Gasteiger partial charge on any atom is -0.493 e. The summed E-state index contributed by atoms with van der Waals surface area (Å²) in [5.41, 5.74) is 3.47. The Hall–Kier alpha value is -2.58. The van der Waals surface area contributed by atoms with Gasteiger partial charge in [0.25, 0.3) is 0 Å². The summed E-state index contributed by atoms with van der Waals surface area (Å²) in [5.74, 6) is 1.69. The van der Waals surface area contributed by atoms with Crippen LogP contribution in [0.15, 0.2) is 52.4 Å². The molecule has 1 aliphatic heterocycles. The van der Waals surface area contributed by atoms with Gasteiger partial charge in [-0.05, 0) is 41.3 Å². The zero-order valence-corrected chi connectivity index (χ0v) is 16.1. The summed E-state index contributed by atoms with van der Waals surface area (Å²) in [5, 5.41) is 11.6. The zero-order chi connectivity index (χ0) is 19.3. The largest absolute Gasteiger partial charge is 0.493 e. The van der Waals surface area contributed by atoms with Gasteiger partial charge in [-0.25, -0.2) is 13.6 Å². The number of primary sulfonamides is 1. The molecule has 7 nitrogen and oxygen atoms in total. The first-order valence-corrected chi connectivity index (χ1v) is 10.3. The standard InChI is InChI=1S/C19H24N4O3S/c1-21-19(23-13-15-2-5-17(6-3-15)27(20,24)25)22-10-8-14-4-7-18-16(12-14)9-11-26-18/h2-7,12H,8-11,13H2,1H3,(H2,20,24,25)(H2,21,22,23). The number of ether oxygens (including phenoxy) is 1. The lowest BCUT2D eigenvalue weighted by Crippen LogP contribution is -2.37. The van der Waals surface area contributed by atoms with Crippen LogP contribution >= 0.6 is 0 Å². The summed E-state index contributed by atoms with van der Waals surface area (Å²) >= 11 is 0.